The van der Waals surface area contributed by atoms with Gasteiger partial charge in [-0.25, -0.2) is 8.42 Å². The molecule has 4 rings (SSSR count). The van der Waals surface area contributed by atoms with E-state index in [-0.39, 0.29) is 18.2 Å². The number of hydrogen-bond acceptors (Lipinski definition) is 5. The van der Waals surface area contributed by atoms with Crippen LogP contribution in [0.15, 0.2) is 65.6 Å². The second-order valence-corrected chi connectivity index (χ2v) is 9.57. The molecule has 1 N–H and O–H groups in total. The molecule has 8 heteroatoms. The number of rotatable bonds is 6. The molecule has 0 atom stereocenters. The van der Waals surface area contributed by atoms with Crippen molar-refractivity contribution in [3.05, 3.63) is 77.4 Å². The summed E-state index contributed by atoms with van der Waals surface area (Å²) in [5.74, 6) is 0.653. The third kappa shape index (κ3) is 4.40. The Labute approximate surface area is 187 Å². The van der Waals surface area contributed by atoms with Crippen molar-refractivity contribution in [1.82, 2.24) is 0 Å². The zero-order valence-electron chi connectivity index (χ0n) is 18.1. The number of benzene rings is 3. The summed E-state index contributed by atoms with van der Waals surface area (Å²) in [5.41, 5.74) is 3.83. The molecule has 3 aromatic rings. The van der Waals surface area contributed by atoms with E-state index in [1.807, 2.05) is 26.8 Å². The van der Waals surface area contributed by atoms with E-state index in [1.165, 1.54) is 0 Å². The Hall–Kier alpha value is -3.52. The third-order valence-corrected chi connectivity index (χ3v) is 7.12. The van der Waals surface area contributed by atoms with Crippen molar-refractivity contribution in [2.24, 2.45) is 0 Å². The highest BCUT2D eigenvalue weighted by Gasteiger charge is 2.27. The number of nitrogens with one attached hydrogen (secondary N) is 1. The number of anilines is 2. The van der Waals surface area contributed by atoms with Gasteiger partial charge < -0.3 is 14.8 Å². The average molecular weight is 453 g/mol. The Kier molecular flexibility index (Phi) is 5.80. The topological polar surface area (TPSA) is 84.9 Å². The van der Waals surface area contributed by atoms with Gasteiger partial charge in [0.1, 0.15) is 6.54 Å². The second kappa shape index (κ2) is 8.55. The number of nitrogens with zero attached hydrogens (tertiary/aromatic N) is 1. The summed E-state index contributed by atoms with van der Waals surface area (Å²) >= 11 is 0. The van der Waals surface area contributed by atoms with Gasteiger partial charge in [0.2, 0.25) is 12.7 Å². The molecule has 0 spiro atoms. The number of hydrogen-bond donors (Lipinski definition) is 1. The Bertz CT molecular complexity index is 1270. The van der Waals surface area contributed by atoms with Crippen LogP contribution in [0.25, 0.3) is 0 Å². The fraction of sp³-hybridized carbons (Fsp3) is 0.208. The van der Waals surface area contributed by atoms with E-state index in [0.29, 0.717) is 22.9 Å². The molecule has 0 aliphatic carbocycles. The van der Waals surface area contributed by atoms with E-state index in [9.17, 15) is 13.2 Å². The van der Waals surface area contributed by atoms with Gasteiger partial charge in [-0.1, -0.05) is 23.8 Å². The molecule has 0 bridgehead atoms. The van der Waals surface area contributed by atoms with E-state index in [2.05, 4.69) is 5.32 Å². The highest BCUT2D eigenvalue weighted by atomic mass is 32.2. The predicted molar refractivity (Wildman–Crippen MR) is 123 cm³/mol. The SMILES string of the molecule is Cc1ccc(S(=O)(=O)N(CC(=O)Nc2ccc3c(c2)OCO3)c2ccc(C)c(C)c2)cc1. The first kappa shape index (κ1) is 21.7. The quantitative estimate of drug-likeness (QED) is 0.607. The van der Waals surface area contributed by atoms with Gasteiger partial charge in [-0.15, -0.1) is 0 Å². The first-order valence-corrected chi connectivity index (χ1v) is 11.5. The van der Waals surface area contributed by atoms with Gasteiger partial charge >= 0.3 is 0 Å². The number of carbonyl (C=O) groups is 1. The van der Waals surface area contributed by atoms with Gasteiger partial charge in [-0.05, 0) is 68.3 Å². The molecule has 32 heavy (non-hydrogen) atoms. The molecule has 1 amide bonds. The van der Waals surface area contributed by atoms with Crippen molar-refractivity contribution >= 4 is 27.3 Å². The Morgan fingerprint density at radius 2 is 1.62 bits per heavy atom. The Morgan fingerprint density at radius 3 is 2.34 bits per heavy atom. The number of aryl methyl sites for hydroxylation is 3. The first-order chi connectivity index (χ1) is 15.2. The van der Waals surface area contributed by atoms with E-state index >= 15 is 0 Å². The van der Waals surface area contributed by atoms with Crippen LogP contribution in [0, 0.1) is 20.8 Å². The summed E-state index contributed by atoms with van der Waals surface area (Å²) < 4.78 is 38.7. The number of sulfonamides is 1. The average Bonchev–Trinajstić information content (AvgIpc) is 3.22. The summed E-state index contributed by atoms with van der Waals surface area (Å²) in [4.78, 5) is 13.0. The Balaban J connectivity index is 1.65. The van der Waals surface area contributed by atoms with Crippen molar-refractivity contribution in [3.8, 4) is 11.5 Å². The van der Waals surface area contributed by atoms with Crippen LogP contribution >= 0.6 is 0 Å². The highest BCUT2D eigenvalue weighted by molar-refractivity contribution is 7.92. The smallest absolute Gasteiger partial charge is 0.264 e. The van der Waals surface area contributed by atoms with Gasteiger partial charge in [0.15, 0.2) is 11.5 Å². The summed E-state index contributed by atoms with van der Waals surface area (Å²) in [5, 5.41) is 2.75. The van der Waals surface area contributed by atoms with Crippen molar-refractivity contribution in [2.45, 2.75) is 25.7 Å². The van der Waals surface area contributed by atoms with E-state index in [0.717, 1.165) is 21.0 Å². The van der Waals surface area contributed by atoms with Crippen LogP contribution in [0.3, 0.4) is 0 Å². The lowest BCUT2D eigenvalue weighted by Crippen LogP contribution is -2.38. The lowest BCUT2D eigenvalue weighted by atomic mass is 10.1. The van der Waals surface area contributed by atoms with Crippen molar-refractivity contribution < 1.29 is 22.7 Å². The fourth-order valence-corrected chi connectivity index (χ4v) is 4.75. The molecule has 1 aliphatic heterocycles. The lowest BCUT2D eigenvalue weighted by Gasteiger charge is -2.25. The monoisotopic (exact) mass is 452 g/mol. The minimum atomic E-state index is -3.97. The minimum absolute atomic E-state index is 0.122. The third-order valence-electron chi connectivity index (χ3n) is 5.33. The number of fused-ring (bicyclic) bond motifs is 1. The maximum atomic E-state index is 13.5. The van der Waals surface area contributed by atoms with Crippen molar-refractivity contribution in [2.75, 3.05) is 23.0 Å². The van der Waals surface area contributed by atoms with Crippen LogP contribution < -0.4 is 19.1 Å². The Morgan fingerprint density at radius 1 is 0.906 bits per heavy atom. The van der Waals surface area contributed by atoms with Crippen molar-refractivity contribution in [3.63, 3.8) is 0 Å². The molecule has 0 radical (unpaired) electrons. The molecule has 0 unspecified atom stereocenters. The molecule has 0 aromatic heterocycles. The van der Waals surface area contributed by atoms with E-state index < -0.39 is 15.9 Å². The lowest BCUT2D eigenvalue weighted by molar-refractivity contribution is -0.114. The molecule has 0 saturated carbocycles. The van der Waals surface area contributed by atoms with Gasteiger partial charge in [-0.3, -0.25) is 9.10 Å². The zero-order chi connectivity index (χ0) is 22.9. The standard InChI is InChI=1S/C24H24N2O5S/c1-16-4-9-21(10-5-16)32(28,29)26(20-8-6-17(2)18(3)12-20)14-24(27)25-19-7-11-22-23(13-19)31-15-30-22/h4-13H,14-15H2,1-3H3,(H,25,27). The van der Waals surface area contributed by atoms with Gasteiger partial charge in [0.05, 0.1) is 10.6 Å². The molecule has 1 heterocycles. The van der Waals surface area contributed by atoms with Crippen LogP contribution in [0.1, 0.15) is 16.7 Å². The molecule has 166 valence electrons. The van der Waals surface area contributed by atoms with Crippen LogP contribution in [0.4, 0.5) is 11.4 Å². The number of carbonyl (C=O) groups excluding carboxylic acids is 1. The number of ether oxygens (including phenoxy) is 2. The first-order valence-electron chi connectivity index (χ1n) is 10.1. The second-order valence-electron chi connectivity index (χ2n) is 7.71. The molecule has 1 aliphatic rings. The van der Waals surface area contributed by atoms with Gasteiger partial charge in [-0.2, -0.15) is 0 Å². The number of amides is 1. The minimum Gasteiger partial charge on any atom is -0.454 e. The molecular formula is C24H24N2O5S. The zero-order valence-corrected chi connectivity index (χ0v) is 18.9. The molecule has 3 aromatic carbocycles. The fourth-order valence-electron chi connectivity index (χ4n) is 3.34. The molecule has 0 fully saturated rings. The summed E-state index contributed by atoms with van der Waals surface area (Å²) in [6.07, 6.45) is 0. The highest BCUT2D eigenvalue weighted by Crippen LogP contribution is 2.34. The predicted octanol–water partition coefficient (Wildman–Crippen LogP) is 4.17. The van der Waals surface area contributed by atoms with Crippen LogP contribution in [0.5, 0.6) is 11.5 Å². The van der Waals surface area contributed by atoms with Crippen LogP contribution in [0.2, 0.25) is 0 Å². The molecule has 7 nitrogen and oxygen atoms in total. The maximum Gasteiger partial charge on any atom is 0.264 e. The van der Waals surface area contributed by atoms with Crippen LogP contribution in [-0.4, -0.2) is 27.7 Å². The van der Waals surface area contributed by atoms with Crippen LogP contribution in [-0.2, 0) is 14.8 Å². The summed E-state index contributed by atoms with van der Waals surface area (Å²) in [6, 6.07) is 16.9. The molecular weight excluding hydrogens is 428 g/mol. The summed E-state index contributed by atoms with van der Waals surface area (Å²) in [7, 11) is -3.97. The molecule has 0 saturated heterocycles. The van der Waals surface area contributed by atoms with Gasteiger partial charge in [0.25, 0.3) is 10.0 Å². The van der Waals surface area contributed by atoms with E-state index in [1.54, 1.807) is 54.6 Å². The summed E-state index contributed by atoms with van der Waals surface area (Å²) in [6.45, 7) is 5.48. The van der Waals surface area contributed by atoms with Gasteiger partial charge in [0, 0.05) is 11.8 Å². The van der Waals surface area contributed by atoms with Crippen molar-refractivity contribution in [1.29, 1.82) is 0 Å². The van der Waals surface area contributed by atoms with E-state index in [4.69, 9.17) is 9.47 Å². The largest absolute Gasteiger partial charge is 0.454 e. The maximum absolute atomic E-state index is 13.5. The normalized spacial score (nSPS) is 12.5.